The molecule has 0 N–H and O–H groups in total. The smallest absolute Gasteiger partial charge is 0.305 e. The van der Waals surface area contributed by atoms with Crippen LogP contribution < -0.4 is 4.74 Å². The number of carbonyl (C=O) groups excluding carboxylic acids is 1. The molecule has 0 aliphatic carbocycles. The van der Waals surface area contributed by atoms with Gasteiger partial charge in [0.25, 0.3) is 0 Å². The Labute approximate surface area is 172 Å². The highest BCUT2D eigenvalue weighted by molar-refractivity contribution is 5.54. The van der Waals surface area contributed by atoms with Crippen molar-refractivity contribution in [2.75, 3.05) is 13.3 Å². The number of piperazine rings is 1. The van der Waals surface area contributed by atoms with E-state index in [-0.39, 0.29) is 30.4 Å². The third-order valence-corrected chi connectivity index (χ3v) is 5.17. The Bertz CT molecular complexity index is 977. The molecule has 0 aromatic heterocycles. The van der Waals surface area contributed by atoms with Crippen LogP contribution in [0.25, 0.3) is 0 Å². The molecular weight excluding hydrogens is 396 g/mol. The Hall–Kier alpha value is -3.29. The van der Waals surface area contributed by atoms with Crippen LogP contribution in [-0.4, -0.2) is 46.0 Å². The van der Waals surface area contributed by atoms with Gasteiger partial charge in [0.1, 0.15) is 29.9 Å². The van der Waals surface area contributed by atoms with Crippen molar-refractivity contribution in [1.29, 1.82) is 0 Å². The summed E-state index contributed by atoms with van der Waals surface area (Å²) in [6.07, 6.45) is 0. The Morgan fingerprint density at radius 2 is 1.90 bits per heavy atom. The van der Waals surface area contributed by atoms with E-state index >= 15 is 0 Å². The summed E-state index contributed by atoms with van der Waals surface area (Å²) in [5.74, 6) is 0.867. The van der Waals surface area contributed by atoms with Crippen LogP contribution in [-0.2, 0) is 11.3 Å². The molecule has 3 rings (SSSR count). The molecule has 158 valence electrons. The summed E-state index contributed by atoms with van der Waals surface area (Å²) in [7, 11) is 0. The highest BCUT2D eigenvalue weighted by atomic mass is 19.1. The molecule has 1 aliphatic heterocycles. The lowest BCUT2D eigenvalue weighted by atomic mass is 10.0. The number of nitrogens with zero attached hydrogens (tertiary/aromatic N) is 3. The van der Waals surface area contributed by atoms with E-state index in [2.05, 4.69) is 0 Å². The van der Waals surface area contributed by atoms with Crippen molar-refractivity contribution < 1.29 is 23.2 Å². The zero-order valence-electron chi connectivity index (χ0n) is 16.5. The average Bonchev–Trinajstić information content (AvgIpc) is 2.71. The van der Waals surface area contributed by atoms with Crippen LogP contribution in [0.15, 0.2) is 48.2 Å². The van der Waals surface area contributed by atoms with E-state index in [1.807, 2.05) is 29.6 Å². The monoisotopic (exact) mass is 417 g/mol. The normalized spacial score (nSPS) is 19.5. The number of nitro groups is 1. The van der Waals surface area contributed by atoms with E-state index in [9.17, 15) is 23.7 Å². The number of nitro benzene ring substituents is 1. The van der Waals surface area contributed by atoms with Crippen LogP contribution in [0.4, 0.5) is 14.5 Å². The maximum Gasteiger partial charge on any atom is 0.305 e. The fourth-order valence-electron chi connectivity index (χ4n) is 3.47. The van der Waals surface area contributed by atoms with Gasteiger partial charge in [-0.15, -0.1) is 0 Å². The molecule has 9 heteroatoms. The van der Waals surface area contributed by atoms with Gasteiger partial charge in [-0.25, -0.2) is 9.18 Å². The van der Waals surface area contributed by atoms with Crippen molar-refractivity contribution in [3.05, 3.63) is 75.5 Å². The van der Waals surface area contributed by atoms with E-state index in [0.29, 0.717) is 18.8 Å². The minimum Gasteiger partial charge on any atom is -0.478 e. The van der Waals surface area contributed by atoms with Gasteiger partial charge in [-0.05, 0) is 37.6 Å². The second-order valence-electron chi connectivity index (χ2n) is 7.18. The summed E-state index contributed by atoms with van der Waals surface area (Å²) in [4.78, 5) is 25.4. The highest BCUT2D eigenvalue weighted by Crippen LogP contribution is 2.27. The molecular formula is C21H21F2N3O4. The minimum atomic E-state index is -0.975. The van der Waals surface area contributed by atoms with Crippen LogP contribution in [0.3, 0.4) is 0 Å². The Balaban J connectivity index is 1.68. The van der Waals surface area contributed by atoms with Gasteiger partial charge in [-0.3, -0.25) is 15.0 Å². The molecule has 2 atom stereocenters. The molecule has 0 unspecified atom stereocenters. The summed E-state index contributed by atoms with van der Waals surface area (Å²) in [5.41, 5.74) is 0.690. The zero-order chi connectivity index (χ0) is 21.8. The number of hydrogen-bond acceptors (Lipinski definition) is 6. The summed E-state index contributed by atoms with van der Waals surface area (Å²) in [6.45, 7) is 4.86. The predicted octanol–water partition coefficient (Wildman–Crippen LogP) is 3.52. The van der Waals surface area contributed by atoms with Crippen LogP contribution in [0.5, 0.6) is 5.75 Å². The third-order valence-electron chi connectivity index (χ3n) is 5.17. The molecule has 0 spiro atoms. The number of ether oxygens (including phenoxy) is 1. The number of benzene rings is 2. The largest absolute Gasteiger partial charge is 0.478 e. The minimum absolute atomic E-state index is 0.0556. The first-order valence-corrected chi connectivity index (χ1v) is 9.37. The van der Waals surface area contributed by atoms with Gasteiger partial charge < -0.3 is 9.64 Å². The van der Waals surface area contributed by atoms with E-state index in [0.717, 1.165) is 17.7 Å². The summed E-state index contributed by atoms with van der Waals surface area (Å²) in [6, 6.07) is 9.07. The molecule has 0 radical (unpaired) electrons. The average molecular weight is 417 g/mol. The molecule has 1 fully saturated rings. The second-order valence-corrected chi connectivity index (χ2v) is 7.18. The van der Waals surface area contributed by atoms with Gasteiger partial charge in [0.15, 0.2) is 0 Å². The van der Waals surface area contributed by atoms with Crippen molar-refractivity contribution in [1.82, 2.24) is 9.80 Å². The molecule has 1 heterocycles. The lowest BCUT2D eigenvalue weighted by molar-refractivity contribution is -0.387. The van der Waals surface area contributed by atoms with E-state index in [1.165, 1.54) is 18.2 Å². The third kappa shape index (κ3) is 4.64. The molecule has 2 aromatic rings. The lowest BCUT2D eigenvalue weighted by Crippen LogP contribution is -2.55. The van der Waals surface area contributed by atoms with Crippen LogP contribution in [0.2, 0.25) is 0 Å². The summed E-state index contributed by atoms with van der Waals surface area (Å²) in [5, 5.41) is 10.7. The zero-order valence-corrected chi connectivity index (χ0v) is 16.5. The lowest BCUT2D eigenvalue weighted by Gasteiger charge is -2.45. The Morgan fingerprint density at radius 1 is 1.20 bits per heavy atom. The Kier molecular flexibility index (Phi) is 6.44. The maximum atomic E-state index is 13.8. The predicted molar refractivity (Wildman–Crippen MR) is 105 cm³/mol. The summed E-state index contributed by atoms with van der Waals surface area (Å²) < 4.78 is 32.5. The van der Waals surface area contributed by atoms with Crippen molar-refractivity contribution in [2.45, 2.75) is 32.5 Å². The molecule has 2 aromatic carbocycles. The van der Waals surface area contributed by atoms with E-state index in [1.54, 1.807) is 12.1 Å². The van der Waals surface area contributed by atoms with Gasteiger partial charge in [-0.2, -0.15) is 4.39 Å². The first-order valence-electron chi connectivity index (χ1n) is 9.37. The molecule has 30 heavy (non-hydrogen) atoms. The summed E-state index contributed by atoms with van der Waals surface area (Å²) >= 11 is 0. The number of rotatable bonds is 6. The van der Waals surface area contributed by atoms with Crippen molar-refractivity contribution in [2.24, 2.45) is 0 Å². The van der Waals surface area contributed by atoms with Gasteiger partial charge >= 0.3 is 5.69 Å². The Morgan fingerprint density at radius 3 is 2.50 bits per heavy atom. The van der Waals surface area contributed by atoms with E-state index < -0.39 is 16.4 Å². The van der Waals surface area contributed by atoms with Crippen molar-refractivity contribution in [3.63, 3.8) is 0 Å². The fraction of sp³-hybridized carbons (Fsp3) is 0.333. The van der Waals surface area contributed by atoms with Gasteiger partial charge in [0.05, 0.1) is 11.0 Å². The quantitative estimate of drug-likeness (QED) is 0.407. The van der Waals surface area contributed by atoms with Gasteiger partial charge in [-0.1, -0.05) is 12.1 Å². The molecule has 1 aliphatic rings. The standard InChI is InChI=1S/C21H21F2N3O4/c1-14-10-24(13-30-18-7-8-20(26(28)29)19(23)9-18)15(2)21(12-27)25(14)11-16-3-5-17(22)6-4-16/h3-9,14-15H,10-11,13H2,1-2H3/t14-,15+/m0/s1. The van der Waals surface area contributed by atoms with E-state index in [4.69, 9.17) is 4.74 Å². The van der Waals surface area contributed by atoms with Gasteiger partial charge in [0, 0.05) is 31.3 Å². The maximum absolute atomic E-state index is 13.8. The first kappa shape index (κ1) is 21.4. The van der Waals surface area contributed by atoms with Crippen LogP contribution >= 0.6 is 0 Å². The number of hydrogen-bond donors (Lipinski definition) is 0. The molecule has 0 bridgehead atoms. The molecule has 0 saturated carbocycles. The van der Waals surface area contributed by atoms with Gasteiger partial charge in [0.2, 0.25) is 5.82 Å². The van der Waals surface area contributed by atoms with Crippen molar-refractivity contribution >= 4 is 11.6 Å². The SMILES string of the molecule is C[C@@H]1C(=C=O)N(Cc2ccc(F)cc2)[C@@H](C)CN1COc1ccc([N+](=O)[O-])c(F)c1. The van der Waals surface area contributed by atoms with Crippen LogP contribution in [0, 0.1) is 21.7 Å². The van der Waals surface area contributed by atoms with Crippen molar-refractivity contribution in [3.8, 4) is 5.75 Å². The number of halogens is 2. The topological polar surface area (TPSA) is 75.9 Å². The first-order chi connectivity index (χ1) is 14.3. The van der Waals surface area contributed by atoms with Crippen LogP contribution in [0.1, 0.15) is 19.4 Å². The molecule has 1 saturated heterocycles. The second kappa shape index (κ2) is 9.02. The molecule has 7 nitrogen and oxygen atoms in total. The highest BCUT2D eigenvalue weighted by Gasteiger charge is 2.34. The molecule has 0 amide bonds. The fourth-order valence-corrected chi connectivity index (χ4v) is 3.47.